The second-order valence-corrected chi connectivity index (χ2v) is 20.8. The molecular formula is C66H42N9P. The molecule has 9 heterocycles. The minimum Gasteiger partial charge on any atom is -0.294 e. The predicted octanol–water partition coefficient (Wildman–Crippen LogP) is 14.1. The summed E-state index contributed by atoms with van der Waals surface area (Å²) in [7, 11) is -1.47. The summed E-state index contributed by atoms with van der Waals surface area (Å²) < 4.78 is 6.72. The third kappa shape index (κ3) is 7.20. The lowest BCUT2D eigenvalue weighted by Crippen LogP contribution is -2.27. The molecule has 0 unspecified atom stereocenters. The zero-order valence-electron chi connectivity index (χ0n) is 40.7. The number of hydrogen-bond donors (Lipinski definition) is 0. The molecule has 0 spiro atoms. The molecule has 0 aliphatic heterocycles. The average Bonchev–Trinajstić information content (AvgIpc) is 4.15. The summed E-state index contributed by atoms with van der Waals surface area (Å²) in [5.74, 6) is 2.46. The van der Waals surface area contributed by atoms with Gasteiger partial charge in [0, 0.05) is 40.2 Å². The zero-order valence-corrected chi connectivity index (χ0v) is 41.6. The number of rotatable bonds is 9. The van der Waals surface area contributed by atoms with Crippen LogP contribution < -0.4 is 16.3 Å². The van der Waals surface area contributed by atoms with E-state index in [1.165, 1.54) is 32.3 Å². The molecule has 0 N–H and O–H groups in total. The monoisotopic (exact) mass is 991 g/mol. The first-order chi connectivity index (χ1) is 37.7. The summed E-state index contributed by atoms with van der Waals surface area (Å²) in [6, 6.07) is 88.1. The van der Waals surface area contributed by atoms with Crippen LogP contribution in [0.1, 0.15) is 0 Å². The van der Waals surface area contributed by atoms with Gasteiger partial charge in [0.05, 0.1) is 83.6 Å². The Hall–Kier alpha value is -9.95. The molecule has 0 aliphatic rings. The summed E-state index contributed by atoms with van der Waals surface area (Å²) in [5, 5.41) is 7.10. The fourth-order valence-electron chi connectivity index (χ4n) is 11.0. The SMILES string of the molecule is c1cc(-c2cccc(P(c3cccc(-c4cccc(-n5c6ccccc6c6ccccc65)n4)n3)c3cccc(-c4cccc(-n5c6ccccc6c6ccccc65)n4)n3)n2)nc(-n2c3ccccc3c3ccccc32)c1. The number of aromatic nitrogens is 9. The van der Waals surface area contributed by atoms with Crippen LogP contribution in [-0.4, -0.2) is 43.6 Å². The van der Waals surface area contributed by atoms with E-state index in [2.05, 4.69) is 232 Å². The van der Waals surface area contributed by atoms with Crippen LogP contribution in [0.25, 0.3) is 117 Å². The van der Waals surface area contributed by atoms with Crippen molar-refractivity contribution in [3.05, 3.63) is 255 Å². The summed E-state index contributed by atoms with van der Waals surface area (Å²) in [6.45, 7) is 0. The van der Waals surface area contributed by atoms with Gasteiger partial charge >= 0.3 is 0 Å². The zero-order chi connectivity index (χ0) is 50.1. The first kappa shape index (κ1) is 43.6. The first-order valence-electron chi connectivity index (χ1n) is 25.3. The molecule has 0 bridgehead atoms. The topological polar surface area (TPSA) is 92.1 Å². The number of nitrogens with zero attached hydrogens (tertiary/aromatic N) is 9. The van der Waals surface area contributed by atoms with Crippen molar-refractivity contribution in [3.63, 3.8) is 0 Å². The molecule has 0 saturated heterocycles. The lowest BCUT2D eigenvalue weighted by atomic mass is 10.2. The maximum Gasteiger partial charge on any atom is 0.138 e. The van der Waals surface area contributed by atoms with E-state index in [-0.39, 0.29) is 0 Å². The van der Waals surface area contributed by atoms with Gasteiger partial charge in [0.2, 0.25) is 0 Å². The van der Waals surface area contributed by atoms with Crippen LogP contribution in [-0.2, 0) is 0 Å². The van der Waals surface area contributed by atoms with E-state index in [4.69, 9.17) is 29.9 Å². The van der Waals surface area contributed by atoms with Gasteiger partial charge in [0.25, 0.3) is 0 Å². The molecule has 6 aromatic carbocycles. The smallest absolute Gasteiger partial charge is 0.138 e. The van der Waals surface area contributed by atoms with Crippen LogP contribution in [0, 0.1) is 0 Å². The fourth-order valence-corrected chi connectivity index (χ4v) is 13.0. The number of para-hydroxylation sites is 6. The van der Waals surface area contributed by atoms with Gasteiger partial charge in [-0.25, -0.2) is 29.9 Å². The standard InChI is InChI=1S/C66H42N9P/c1-7-31-55-43(19-1)44-20-2-8-32-56(44)73(55)61-37-13-25-49(67-61)52-28-16-40-64(70-52)76(65-41-17-29-53(71-65)50-26-14-38-62(68-50)74-57-33-9-3-21-45(57)46-22-4-10-34-58(46)74)66-42-18-30-54(72-66)51-27-15-39-63(69-51)75-59-35-11-5-23-47(59)48-24-6-12-36-60(48)75/h1-42H. The van der Waals surface area contributed by atoms with Gasteiger partial charge < -0.3 is 0 Å². The molecule has 9 aromatic heterocycles. The Morgan fingerprint density at radius 2 is 0.408 bits per heavy atom. The van der Waals surface area contributed by atoms with Gasteiger partial charge in [-0.1, -0.05) is 146 Å². The summed E-state index contributed by atoms with van der Waals surface area (Å²) >= 11 is 0. The van der Waals surface area contributed by atoms with E-state index in [1.807, 2.05) is 36.4 Å². The Labute approximate surface area is 437 Å². The predicted molar refractivity (Wildman–Crippen MR) is 311 cm³/mol. The largest absolute Gasteiger partial charge is 0.294 e. The van der Waals surface area contributed by atoms with E-state index >= 15 is 0 Å². The Morgan fingerprint density at radius 3 is 0.658 bits per heavy atom. The van der Waals surface area contributed by atoms with E-state index in [0.29, 0.717) is 0 Å². The number of hydrogen-bond acceptors (Lipinski definition) is 6. The van der Waals surface area contributed by atoms with Gasteiger partial charge in [0.15, 0.2) is 0 Å². The summed E-state index contributed by atoms with van der Waals surface area (Å²) in [5.41, 5.74) is 13.6. The van der Waals surface area contributed by atoms with E-state index < -0.39 is 7.92 Å². The van der Waals surface area contributed by atoms with Gasteiger partial charge in [-0.05, 0) is 109 Å². The van der Waals surface area contributed by atoms with Gasteiger partial charge in [0.1, 0.15) is 17.5 Å². The van der Waals surface area contributed by atoms with Crippen molar-refractivity contribution >= 4 is 89.6 Å². The van der Waals surface area contributed by atoms with E-state index in [0.717, 1.165) is 101 Å². The second kappa shape index (κ2) is 17.9. The highest BCUT2D eigenvalue weighted by Gasteiger charge is 2.25. The Morgan fingerprint density at radius 1 is 0.197 bits per heavy atom. The van der Waals surface area contributed by atoms with Crippen molar-refractivity contribution < 1.29 is 0 Å². The maximum absolute atomic E-state index is 5.50. The van der Waals surface area contributed by atoms with Crippen molar-refractivity contribution in [1.29, 1.82) is 0 Å². The van der Waals surface area contributed by atoms with Crippen molar-refractivity contribution in [2.24, 2.45) is 0 Å². The Bertz CT molecular complexity index is 4130. The molecule has 0 saturated carbocycles. The number of pyridine rings is 6. The van der Waals surface area contributed by atoms with Crippen molar-refractivity contribution in [2.45, 2.75) is 0 Å². The van der Waals surface area contributed by atoms with Crippen molar-refractivity contribution in [3.8, 4) is 51.6 Å². The molecule has 10 heteroatoms. The molecule has 356 valence electrons. The van der Waals surface area contributed by atoms with Gasteiger partial charge in [-0.15, -0.1) is 0 Å². The van der Waals surface area contributed by atoms with Crippen molar-refractivity contribution in [1.82, 2.24) is 43.6 Å². The Kier molecular flexibility index (Phi) is 10.3. The third-order valence-electron chi connectivity index (χ3n) is 14.3. The first-order valence-corrected chi connectivity index (χ1v) is 26.6. The second-order valence-electron chi connectivity index (χ2n) is 18.7. The molecule has 0 radical (unpaired) electrons. The van der Waals surface area contributed by atoms with Gasteiger partial charge in [-0.3, -0.25) is 13.7 Å². The molecule has 15 aromatic rings. The van der Waals surface area contributed by atoms with Crippen LogP contribution in [0.2, 0.25) is 0 Å². The summed E-state index contributed by atoms with van der Waals surface area (Å²) in [6.07, 6.45) is 0. The highest BCUT2D eigenvalue weighted by atomic mass is 31.1. The van der Waals surface area contributed by atoms with Crippen LogP contribution in [0.4, 0.5) is 0 Å². The highest BCUT2D eigenvalue weighted by Crippen LogP contribution is 2.37. The number of fused-ring (bicyclic) bond motifs is 9. The molecule has 0 aliphatic carbocycles. The van der Waals surface area contributed by atoms with Crippen LogP contribution >= 0.6 is 7.92 Å². The van der Waals surface area contributed by atoms with Crippen LogP contribution in [0.15, 0.2) is 255 Å². The lowest BCUT2D eigenvalue weighted by Gasteiger charge is -2.19. The molecule has 15 rings (SSSR count). The third-order valence-corrected chi connectivity index (χ3v) is 16.4. The average molecular weight is 992 g/mol. The quantitative estimate of drug-likeness (QED) is 0.134. The highest BCUT2D eigenvalue weighted by molar-refractivity contribution is 7.79. The van der Waals surface area contributed by atoms with Crippen LogP contribution in [0.5, 0.6) is 0 Å². The van der Waals surface area contributed by atoms with Crippen LogP contribution in [0.3, 0.4) is 0 Å². The minimum absolute atomic E-state index is 0.751. The molecule has 9 nitrogen and oxygen atoms in total. The maximum atomic E-state index is 5.50. The molecular weight excluding hydrogens is 950 g/mol. The summed E-state index contributed by atoms with van der Waals surface area (Å²) in [4.78, 5) is 32.5. The lowest BCUT2D eigenvalue weighted by molar-refractivity contribution is 1.08. The Balaban J connectivity index is 0.867. The minimum atomic E-state index is -1.47. The molecule has 0 atom stereocenters. The van der Waals surface area contributed by atoms with E-state index in [9.17, 15) is 0 Å². The molecule has 0 amide bonds. The van der Waals surface area contributed by atoms with E-state index in [1.54, 1.807) is 0 Å². The molecule has 76 heavy (non-hydrogen) atoms. The van der Waals surface area contributed by atoms with Crippen molar-refractivity contribution in [2.75, 3.05) is 0 Å². The van der Waals surface area contributed by atoms with Gasteiger partial charge in [-0.2, -0.15) is 0 Å². The fraction of sp³-hybridized carbons (Fsp3) is 0. The molecule has 0 fully saturated rings. The normalized spacial score (nSPS) is 11.8. The number of benzene rings is 6.